The van der Waals surface area contributed by atoms with E-state index >= 15 is 0 Å². The standard InChI is InChI=1S/C17H26N6O2/c1-12-9-14-19-10-13(15(18)23(14)20-12)16(24)22-7-4-5-17(25,6-8-22)11-21(2)3/h9-10,25H,4-8,11,18H2,1-3H3/t17-/m0/s1. The molecule has 1 fully saturated rings. The SMILES string of the molecule is Cc1cc2ncc(C(=O)N3CCC[C@@](O)(CN(C)C)CC3)c(N)n2n1. The van der Waals surface area contributed by atoms with Gasteiger partial charge in [-0.1, -0.05) is 0 Å². The van der Waals surface area contributed by atoms with Crippen LogP contribution in [0.1, 0.15) is 35.3 Å². The van der Waals surface area contributed by atoms with E-state index in [1.165, 1.54) is 10.7 Å². The lowest BCUT2D eigenvalue weighted by atomic mass is 9.94. The zero-order valence-corrected chi connectivity index (χ0v) is 15.1. The van der Waals surface area contributed by atoms with Crippen LogP contribution in [0.3, 0.4) is 0 Å². The number of nitrogens with zero attached hydrogens (tertiary/aromatic N) is 5. The van der Waals surface area contributed by atoms with E-state index in [1.807, 2.05) is 32.0 Å². The fourth-order valence-corrected chi connectivity index (χ4v) is 3.53. The van der Waals surface area contributed by atoms with Crippen LogP contribution < -0.4 is 5.73 Å². The number of rotatable bonds is 3. The highest BCUT2D eigenvalue weighted by Gasteiger charge is 2.32. The topological polar surface area (TPSA) is 100.0 Å². The molecule has 0 aliphatic carbocycles. The summed E-state index contributed by atoms with van der Waals surface area (Å²) in [5, 5.41) is 15.0. The molecular formula is C17H26N6O2. The van der Waals surface area contributed by atoms with Crippen LogP contribution in [0.5, 0.6) is 0 Å². The first kappa shape index (κ1) is 17.6. The Morgan fingerprint density at radius 2 is 2.16 bits per heavy atom. The van der Waals surface area contributed by atoms with E-state index in [2.05, 4.69) is 10.1 Å². The van der Waals surface area contributed by atoms with Crippen LogP contribution in [0.15, 0.2) is 12.3 Å². The molecule has 1 amide bonds. The minimum atomic E-state index is -0.759. The lowest BCUT2D eigenvalue weighted by Gasteiger charge is -2.30. The van der Waals surface area contributed by atoms with Crippen molar-refractivity contribution in [2.75, 3.05) is 39.5 Å². The average molecular weight is 346 g/mol. The zero-order valence-electron chi connectivity index (χ0n) is 15.1. The van der Waals surface area contributed by atoms with E-state index in [0.29, 0.717) is 49.5 Å². The number of likely N-dealkylation sites (N-methyl/N-ethyl adjacent to an activating group) is 1. The number of hydrogen-bond acceptors (Lipinski definition) is 6. The third kappa shape index (κ3) is 3.59. The van der Waals surface area contributed by atoms with Crippen LogP contribution in [0.25, 0.3) is 5.65 Å². The van der Waals surface area contributed by atoms with Crippen LogP contribution in [0.4, 0.5) is 5.82 Å². The molecule has 0 bridgehead atoms. The molecule has 0 saturated carbocycles. The number of carbonyl (C=O) groups is 1. The predicted molar refractivity (Wildman–Crippen MR) is 95.4 cm³/mol. The molecule has 3 N–H and O–H groups in total. The highest BCUT2D eigenvalue weighted by Crippen LogP contribution is 2.25. The summed E-state index contributed by atoms with van der Waals surface area (Å²) >= 11 is 0. The Morgan fingerprint density at radius 3 is 2.88 bits per heavy atom. The van der Waals surface area contributed by atoms with Crippen molar-refractivity contribution >= 4 is 17.4 Å². The van der Waals surface area contributed by atoms with Gasteiger partial charge in [0.2, 0.25) is 0 Å². The van der Waals surface area contributed by atoms with Gasteiger partial charge in [-0.25, -0.2) is 4.98 Å². The molecule has 8 nitrogen and oxygen atoms in total. The summed E-state index contributed by atoms with van der Waals surface area (Å²) in [6, 6.07) is 1.82. The molecule has 2 aromatic heterocycles. The quantitative estimate of drug-likeness (QED) is 0.841. The molecule has 1 saturated heterocycles. The summed E-state index contributed by atoms with van der Waals surface area (Å²) in [6.45, 7) is 3.55. The first-order valence-electron chi connectivity index (χ1n) is 8.56. The molecule has 3 heterocycles. The molecule has 8 heteroatoms. The molecule has 136 valence electrons. The lowest BCUT2D eigenvalue weighted by Crippen LogP contribution is -2.41. The Kier molecular flexibility index (Phi) is 4.66. The van der Waals surface area contributed by atoms with Crippen molar-refractivity contribution in [1.82, 2.24) is 24.4 Å². The second-order valence-corrected chi connectivity index (χ2v) is 7.22. The highest BCUT2D eigenvalue weighted by atomic mass is 16.3. The van der Waals surface area contributed by atoms with Crippen LogP contribution in [0, 0.1) is 6.92 Å². The Hall–Kier alpha value is -2.19. The van der Waals surface area contributed by atoms with Crippen LogP contribution in [0.2, 0.25) is 0 Å². The van der Waals surface area contributed by atoms with Crippen molar-refractivity contribution in [2.24, 2.45) is 0 Å². The van der Waals surface area contributed by atoms with Gasteiger partial charge in [0, 0.05) is 31.9 Å². The Balaban J connectivity index is 1.80. The molecule has 0 aromatic carbocycles. The van der Waals surface area contributed by atoms with Crippen molar-refractivity contribution in [3.05, 3.63) is 23.5 Å². The van der Waals surface area contributed by atoms with Gasteiger partial charge in [0.15, 0.2) is 5.65 Å². The Labute approximate surface area is 147 Å². The Morgan fingerprint density at radius 1 is 1.40 bits per heavy atom. The maximum atomic E-state index is 12.9. The molecule has 25 heavy (non-hydrogen) atoms. The zero-order chi connectivity index (χ0) is 18.2. The largest absolute Gasteiger partial charge is 0.388 e. The molecule has 2 aromatic rings. The number of aryl methyl sites for hydroxylation is 1. The molecule has 3 rings (SSSR count). The van der Waals surface area contributed by atoms with E-state index in [-0.39, 0.29) is 5.91 Å². The second kappa shape index (κ2) is 6.61. The molecule has 1 aliphatic heterocycles. The number of amides is 1. The number of aromatic nitrogens is 3. The normalized spacial score (nSPS) is 21.7. The minimum Gasteiger partial charge on any atom is -0.388 e. The fourth-order valence-electron chi connectivity index (χ4n) is 3.53. The van der Waals surface area contributed by atoms with E-state index in [1.54, 1.807) is 4.90 Å². The third-order valence-electron chi connectivity index (χ3n) is 4.69. The number of hydrogen-bond donors (Lipinski definition) is 2. The molecule has 0 unspecified atom stereocenters. The third-order valence-corrected chi connectivity index (χ3v) is 4.69. The first-order valence-corrected chi connectivity index (χ1v) is 8.56. The summed E-state index contributed by atoms with van der Waals surface area (Å²) in [5.74, 6) is 0.144. The van der Waals surface area contributed by atoms with Gasteiger partial charge >= 0.3 is 0 Å². The van der Waals surface area contributed by atoms with Gasteiger partial charge in [-0.05, 0) is 40.3 Å². The molecule has 0 radical (unpaired) electrons. The van der Waals surface area contributed by atoms with Crippen molar-refractivity contribution in [3.8, 4) is 0 Å². The van der Waals surface area contributed by atoms with E-state index in [9.17, 15) is 9.90 Å². The fraction of sp³-hybridized carbons (Fsp3) is 0.588. The van der Waals surface area contributed by atoms with Gasteiger partial charge in [0.1, 0.15) is 11.4 Å². The Bertz CT molecular complexity index is 787. The maximum absolute atomic E-state index is 12.9. The van der Waals surface area contributed by atoms with Crippen LogP contribution >= 0.6 is 0 Å². The molecular weight excluding hydrogens is 320 g/mol. The molecule has 1 aliphatic rings. The van der Waals surface area contributed by atoms with E-state index < -0.39 is 5.60 Å². The van der Waals surface area contributed by atoms with Gasteiger partial charge in [-0.3, -0.25) is 4.79 Å². The smallest absolute Gasteiger partial charge is 0.259 e. The van der Waals surface area contributed by atoms with Gasteiger partial charge in [-0.15, -0.1) is 0 Å². The van der Waals surface area contributed by atoms with Crippen LogP contribution in [-0.4, -0.2) is 74.7 Å². The van der Waals surface area contributed by atoms with E-state index in [0.717, 1.165) is 12.1 Å². The van der Waals surface area contributed by atoms with Gasteiger partial charge in [-0.2, -0.15) is 9.61 Å². The monoisotopic (exact) mass is 346 g/mol. The van der Waals surface area contributed by atoms with Gasteiger partial charge in [0.05, 0.1) is 11.3 Å². The summed E-state index contributed by atoms with van der Waals surface area (Å²) in [5.41, 5.74) is 7.18. The number of nitrogens with two attached hydrogens (primary N) is 1. The maximum Gasteiger partial charge on any atom is 0.259 e. The van der Waals surface area contributed by atoms with Gasteiger partial charge in [0.25, 0.3) is 5.91 Å². The number of anilines is 1. The van der Waals surface area contributed by atoms with Crippen molar-refractivity contribution < 1.29 is 9.90 Å². The highest BCUT2D eigenvalue weighted by molar-refractivity contribution is 5.98. The van der Waals surface area contributed by atoms with Crippen molar-refractivity contribution in [2.45, 2.75) is 31.8 Å². The minimum absolute atomic E-state index is 0.158. The molecule has 1 atom stereocenters. The van der Waals surface area contributed by atoms with E-state index in [4.69, 9.17) is 5.73 Å². The second-order valence-electron chi connectivity index (χ2n) is 7.22. The molecule has 0 spiro atoms. The van der Waals surface area contributed by atoms with Crippen molar-refractivity contribution in [1.29, 1.82) is 0 Å². The van der Waals surface area contributed by atoms with Gasteiger partial charge < -0.3 is 20.6 Å². The number of aliphatic hydroxyl groups is 1. The van der Waals surface area contributed by atoms with Crippen LogP contribution in [-0.2, 0) is 0 Å². The average Bonchev–Trinajstić information content (AvgIpc) is 2.80. The predicted octanol–water partition coefficient (Wildman–Crippen LogP) is 0.539. The number of fused-ring (bicyclic) bond motifs is 1. The number of nitrogen functional groups attached to an aromatic ring is 1. The first-order chi connectivity index (χ1) is 11.8. The summed E-state index contributed by atoms with van der Waals surface area (Å²) in [4.78, 5) is 20.9. The summed E-state index contributed by atoms with van der Waals surface area (Å²) < 4.78 is 1.50. The number of carbonyl (C=O) groups excluding carboxylic acids is 1. The van der Waals surface area contributed by atoms with Crippen molar-refractivity contribution in [3.63, 3.8) is 0 Å². The lowest BCUT2D eigenvalue weighted by molar-refractivity contribution is 0.00305. The number of likely N-dealkylation sites (tertiary alicyclic amines) is 1. The summed E-state index contributed by atoms with van der Waals surface area (Å²) in [7, 11) is 3.89. The summed E-state index contributed by atoms with van der Waals surface area (Å²) in [6.07, 6.45) is 3.50.